The van der Waals surface area contributed by atoms with Gasteiger partial charge in [0.15, 0.2) is 0 Å². The van der Waals surface area contributed by atoms with Gasteiger partial charge in [0.05, 0.1) is 9.99 Å². The molecule has 2 aromatic carbocycles. The van der Waals surface area contributed by atoms with Gasteiger partial charge in [0.1, 0.15) is 22.7 Å². The molecule has 1 atom stereocenters. The maximum Gasteiger partial charge on any atom is 0.261 e. The summed E-state index contributed by atoms with van der Waals surface area (Å²) in [5.74, 6) is 2.45. The second-order valence-electron chi connectivity index (χ2n) is 7.62. The molecule has 4 aromatic rings. The first kappa shape index (κ1) is 23.0. The van der Waals surface area contributed by atoms with Crippen molar-refractivity contribution < 1.29 is 4.74 Å². The Labute approximate surface area is 204 Å². The van der Waals surface area contributed by atoms with Gasteiger partial charge in [0, 0.05) is 31.0 Å². The van der Waals surface area contributed by atoms with Gasteiger partial charge in [-0.05, 0) is 58.7 Å². The summed E-state index contributed by atoms with van der Waals surface area (Å²) < 4.78 is 6.54. The summed E-state index contributed by atoms with van der Waals surface area (Å²) in [4.78, 5) is 26.7. The van der Waals surface area contributed by atoms with Crippen LogP contribution in [0.25, 0.3) is 10.9 Å². The number of hydrogen-bond donors (Lipinski definition) is 3. The van der Waals surface area contributed by atoms with Crippen LogP contribution >= 0.6 is 28.3 Å². The van der Waals surface area contributed by atoms with Crippen LogP contribution in [-0.2, 0) is 0 Å². The summed E-state index contributed by atoms with van der Waals surface area (Å²) in [5, 5.41) is 3.66. The van der Waals surface area contributed by atoms with Gasteiger partial charge >= 0.3 is 0 Å². The molecular weight excluding hydrogens is 508 g/mol. The number of pyridine rings is 1. The summed E-state index contributed by atoms with van der Waals surface area (Å²) in [5.41, 5.74) is 7.13. The molecule has 4 N–H and O–H groups in total. The van der Waals surface area contributed by atoms with Crippen LogP contribution in [0, 0.1) is 0 Å². The van der Waals surface area contributed by atoms with Crippen LogP contribution in [-0.4, -0.2) is 34.1 Å². The van der Waals surface area contributed by atoms with Gasteiger partial charge in [-0.1, -0.05) is 18.2 Å². The summed E-state index contributed by atoms with van der Waals surface area (Å²) in [7, 11) is 0. The molecule has 8 nitrogen and oxygen atoms in total. The molecule has 10 heteroatoms. The van der Waals surface area contributed by atoms with E-state index in [-0.39, 0.29) is 24.0 Å². The van der Waals surface area contributed by atoms with Crippen molar-refractivity contribution >= 4 is 56.7 Å². The Kier molecular flexibility index (Phi) is 6.83. The Morgan fingerprint density at radius 3 is 2.52 bits per heavy atom. The number of anilines is 3. The first-order chi connectivity index (χ1) is 15.6. The van der Waals surface area contributed by atoms with E-state index in [1.165, 1.54) is 0 Å². The Morgan fingerprint density at radius 2 is 1.82 bits per heavy atom. The van der Waals surface area contributed by atoms with Crippen molar-refractivity contribution in [2.75, 3.05) is 23.3 Å². The highest BCUT2D eigenvalue weighted by atomic mass is 79.9. The molecule has 0 aliphatic carbocycles. The molecule has 0 amide bonds. The van der Waals surface area contributed by atoms with E-state index in [9.17, 15) is 4.79 Å². The number of para-hydroxylation sites is 1. The van der Waals surface area contributed by atoms with Gasteiger partial charge in [-0.2, -0.15) is 4.98 Å². The van der Waals surface area contributed by atoms with Gasteiger partial charge in [0.2, 0.25) is 5.95 Å². The fraction of sp³-hybridized carbons (Fsp3) is 0.174. The lowest BCUT2D eigenvalue weighted by molar-refractivity contribution is 0.483. The Hall–Kier alpha value is -3.14. The highest BCUT2D eigenvalue weighted by Gasteiger charge is 2.24. The van der Waals surface area contributed by atoms with Gasteiger partial charge in [-0.3, -0.25) is 4.79 Å². The fourth-order valence-corrected chi connectivity index (χ4v) is 4.08. The van der Waals surface area contributed by atoms with Crippen molar-refractivity contribution in [1.82, 2.24) is 15.0 Å². The minimum atomic E-state index is -0.264. The molecule has 5 rings (SSSR count). The zero-order valence-corrected chi connectivity index (χ0v) is 19.9. The third-order valence-corrected chi connectivity index (χ3v) is 5.89. The second kappa shape index (κ2) is 9.78. The Balaban J connectivity index is 0.00000259. The molecule has 170 valence electrons. The lowest BCUT2D eigenvalue weighted by Gasteiger charge is -2.18. The number of ether oxygens (including phenoxy) is 1. The predicted molar refractivity (Wildman–Crippen MR) is 136 cm³/mol. The molecule has 2 aromatic heterocycles. The average molecular weight is 530 g/mol. The number of benzene rings is 2. The summed E-state index contributed by atoms with van der Waals surface area (Å²) >= 11 is 3.50. The molecule has 0 spiro atoms. The van der Waals surface area contributed by atoms with Gasteiger partial charge in [-0.25, -0.2) is 4.98 Å². The monoisotopic (exact) mass is 528 g/mol. The first-order valence-electron chi connectivity index (χ1n) is 10.3. The van der Waals surface area contributed by atoms with E-state index in [1.54, 1.807) is 6.20 Å². The third-order valence-electron chi connectivity index (χ3n) is 5.28. The number of hydrogen-bond acceptors (Lipinski definition) is 7. The topological polar surface area (TPSA) is 109 Å². The largest absolute Gasteiger partial charge is 0.457 e. The van der Waals surface area contributed by atoms with Crippen molar-refractivity contribution in [2.24, 2.45) is 5.73 Å². The molecule has 0 radical (unpaired) electrons. The van der Waals surface area contributed by atoms with Gasteiger partial charge in [-0.15, -0.1) is 12.4 Å². The van der Waals surface area contributed by atoms with Crippen molar-refractivity contribution in [3.63, 3.8) is 0 Å². The minimum absolute atomic E-state index is 0. The average Bonchev–Trinajstić information content (AvgIpc) is 3.24. The number of H-pyrrole nitrogens is 1. The summed E-state index contributed by atoms with van der Waals surface area (Å²) in [6.07, 6.45) is 2.47. The minimum Gasteiger partial charge on any atom is -0.457 e. The number of fused-ring (bicyclic) bond motifs is 1. The van der Waals surface area contributed by atoms with Crippen molar-refractivity contribution in [1.29, 1.82) is 0 Å². The fourth-order valence-electron chi connectivity index (χ4n) is 3.67. The molecule has 0 bridgehead atoms. The van der Waals surface area contributed by atoms with Crippen molar-refractivity contribution in [3.05, 3.63) is 75.6 Å². The maximum absolute atomic E-state index is 12.6. The van der Waals surface area contributed by atoms with Crippen LogP contribution in [0.3, 0.4) is 0 Å². The van der Waals surface area contributed by atoms with Crippen LogP contribution in [0.2, 0.25) is 0 Å². The Bertz CT molecular complexity index is 1320. The van der Waals surface area contributed by atoms with Crippen LogP contribution in [0.15, 0.2) is 70.1 Å². The summed E-state index contributed by atoms with van der Waals surface area (Å²) in [6.45, 7) is 1.45. The standard InChI is InChI=1S/C23H21BrN6O2.ClH/c24-18-12-26-22(31)19-20(18)28-23(30-11-10-14(25)13-30)29-21(19)27-15-6-8-17(9-7-15)32-16-4-2-1-3-5-16;/h1-9,12,14H,10-11,13,25H2,(H,26,31)(H,27,28,29);1H. The molecule has 0 saturated carbocycles. The smallest absolute Gasteiger partial charge is 0.261 e. The lowest BCUT2D eigenvalue weighted by atomic mass is 10.2. The number of rotatable bonds is 5. The van der Waals surface area contributed by atoms with E-state index in [1.807, 2.05) is 59.5 Å². The van der Waals surface area contributed by atoms with Gasteiger partial charge < -0.3 is 25.7 Å². The molecule has 1 aliphatic rings. The van der Waals surface area contributed by atoms with E-state index in [4.69, 9.17) is 10.5 Å². The highest BCUT2D eigenvalue weighted by molar-refractivity contribution is 9.10. The molecule has 3 heterocycles. The Morgan fingerprint density at radius 1 is 1.09 bits per heavy atom. The van der Waals surface area contributed by atoms with Crippen molar-refractivity contribution in [3.8, 4) is 11.5 Å². The highest BCUT2D eigenvalue weighted by Crippen LogP contribution is 2.30. The van der Waals surface area contributed by atoms with Crippen molar-refractivity contribution in [2.45, 2.75) is 12.5 Å². The van der Waals surface area contributed by atoms with Crippen LogP contribution in [0.1, 0.15) is 6.42 Å². The van der Waals surface area contributed by atoms with E-state index < -0.39 is 0 Å². The zero-order chi connectivity index (χ0) is 22.1. The van der Waals surface area contributed by atoms with E-state index in [0.717, 1.165) is 24.4 Å². The molecule has 1 fully saturated rings. The van der Waals surface area contributed by atoms with E-state index >= 15 is 0 Å². The van der Waals surface area contributed by atoms with Crippen LogP contribution < -0.4 is 26.2 Å². The number of halogens is 2. The molecule has 1 unspecified atom stereocenters. The number of nitrogens with one attached hydrogen (secondary N) is 2. The first-order valence-corrected chi connectivity index (χ1v) is 11.1. The maximum atomic E-state index is 12.6. The molecule has 1 saturated heterocycles. The van der Waals surface area contributed by atoms with Crippen LogP contribution in [0.4, 0.5) is 17.5 Å². The quantitative estimate of drug-likeness (QED) is 0.347. The van der Waals surface area contributed by atoms with Gasteiger partial charge in [0.25, 0.3) is 5.56 Å². The normalized spacial score (nSPS) is 15.3. The number of aromatic nitrogens is 3. The van der Waals surface area contributed by atoms with E-state index in [0.29, 0.717) is 39.4 Å². The molecular formula is C23H22BrClN6O2. The molecule has 1 aliphatic heterocycles. The zero-order valence-electron chi connectivity index (χ0n) is 17.5. The number of nitrogens with two attached hydrogens (primary N) is 1. The van der Waals surface area contributed by atoms with Crippen LogP contribution in [0.5, 0.6) is 11.5 Å². The predicted octanol–water partition coefficient (Wildman–Crippen LogP) is 4.58. The second-order valence-corrected chi connectivity index (χ2v) is 8.48. The van der Waals surface area contributed by atoms with E-state index in [2.05, 4.69) is 36.2 Å². The third kappa shape index (κ3) is 4.95. The number of nitrogens with zero attached hydrogens (tertiary/aromatic N) is 3. The molecule has 33 heavy (non-hydrogen) atoms. The number of aromatic amines is 1. The SMILES string of the molecule is Cl.NC1CCN(c2nc(Nc3ccc(Oc4ccccc4)cc3)c3c(=O)[nH]cc(Br)c3n2)C1. The lowest BCUT2D eigenvalue weighted by Crippen LogP contribution is -2.28. The summed E-state index contributed by atoms with van der Waals surface area (Å²) in [6, 6.07) is 17.1.